The third-order valence-corrected chi connectivity index (χ3v) is 5.37. The molecule has 35 heavy (non-hydrogen) atoms. The van der Waals surface area contributed by atoms with E-state index in [0.717, 1.165) is 22.3 Å². The summed E-state index contributed by atoms with van der Waals surface area (Å²) in [6, 6.07) is 8.06. The Kier molecular flexibility index (Phi) is 11.4. The summed E-state index contributed by atoms with van der Waals surface area (Å²) >= 11 is 0. The first-order chi connectivity index (χ1) is 16.1. The predicted octanol–water partition coefficient (Wildman–Crippen LogP) is 4.82. The molecule has 0 saturated carbocycles. The summed E-state index contributed by atoms with van der Waals surface area (Å²) < 4.78 is 16.5. The standard InChI is InChI=1S/C25H31NO5.CH2O2.CH4/c1-6-18-19(7-2)22(21-11-9-8-10-20(18)21)15-30-24(28)26-13-12-17(14-26)29-16-23(27)31-25(3,4)5;2-1-3;/h6-11,17,22H,1-2,12-16H2,3-5H3;1H,(H,2,3);1H4. The van der Waals surface area contributed by atoms with Gasteiger partial charge in [0.2, 0.25) is 0 Å². The van der Waals surface area contributed by atoms with Gasteiger partial charge in [-0.1, -0.05) is 57.0 Å². The van der Waals surface area contributed by atoms with Crippen LogP contribution in [0.2, 0.25) is 0 Å². The fourth-order valence-electron chi connectivity index (χ4n) is 4.05. The number of hydrogen-bond donors (Lipinski definition) is 1. The number of benzene rings is 1. The summed E-state index contributed by atoms with van der Waals surface area (Å²) in [5, 5.41) is 6.89. The van der Waals surface area contributed by atoms with E-state index in [1.807, 2.05) is 57.2 Å². The van der Waals surface area contributed by atoms with Crippen LogP contribution < -0.4 is 0 Å². The maximum atomic E-state index is 12.6. The van der Waals surface area contributed by atoms with Crippen LogP contribution >= 0.6 is 0 Å². The number of likely N-dealkylation sites (tertiary alicyclic amines) is 1. The summed E-state index contributed by atoms with van der Waals surface area (Å²) in [6.07, 6.45) is 3.71. The number of carboxylic acid groups (broad SMARTS) is 1. The van der Waals surface area contributed by atoms with Crippen molar-refractivity contribution in [1.82, 2.24) is 4.90 Å². The minimum absolute atomic E-state index is 0. The maximum Gasteiger partial charge on any atom is 0.409 e. The van der Waals surface area contributed by atoms with Crippen molar-refractivity contribution in [3.63, 3.8) is 0 Å². The van der Waals surface area contributed by atoms with Crippen LogP contribution in [0.5, 0.6) is 0 Å². The molecule has 2 atom stereocenters. The molecule has 3 rings (SSSR count). The Morgan fingerprint density at radius 2 is 1.86 bits per heavy atom. The fraction of sp³-hybridized carbons (Fsp3) is 0.444. The number of rotatable bonds is 7. The Hall–Kier alpha value is -3.39. The zero-order valence-corrected chi connectivity index (χ0v) is 20.0. The number of allylic oxidation sites excluding steroid dienone is 3. The maximum absolute atomic E-state index is 12.6. The van der Waals surface area contributed by atoms with Crippen molar-refractivity contribution in [1.29, 1.82) is 0 Å². The predicted molar refractivity (Wildman–Crippen MR) is 135 cm³/mol. The molecule has 2 unspecified atom stereocenters. The number of fused-ring (bicyclic) bond motifs is 1. The fourth-order valence-corrected chi connectivity index (χ4v) is 4.05. The summed E-state index contributed by atoms with van der Waals surface area (Å²) in [6.45, 7) is 14.1. The molecule has 1 N–H and O–H groups in total. The van der Waals surface area contributed by atoms with Crippen LogP contribution in [0.1, 0.15) is 51.7 Å². The first-order valence-electron chi connectivity index (χ1n) is 11.1. The number of nitrogens with zero attached hydrogens (tertiary/aromatic N) is 1. The Morgan fingerprint density at radius 3 is 2.46 bits per heavy atom. The largest absolute Gasteiger partial charge is 0.483 e. The first kappa shape index (κ1) is 29.6. The molecule has 0 radical (unpaired) electrons. The van der Waals surface area contributed by atoms with E-state index in [2.05, 4.69) is 13.2 Å². The monoisotopic (exact) mass is 487 g/mol. The van der Waals surface area contributed by atoms with E-state index in [0.29, 0.717) is 19.5 Å². The molecular formula is C27H37NO7. The highest BCUT2D eigenvalue weighted by Gasteiger charge is 2.32. The van der Waals surface area contributed by atoms with E-state index in [1.165, 1.54) is 0 Å². The Labute approximate surface area is 207 Å². The van der Waals surface area contributed by atoms with Crippen LogP contribution in [0, 0.1) is 0 Å². The molecule has 1 aromatic rings. The lowest BCUT2D eigenvalue weighted by atomic mass is 9.97. The molecule has 8 nitrogen and oxygen atoms in total. The number of hydrogen-bond acceptors (Lipinski definition) is 6. The van der Waals surface area contributed by atoms with Crippen LogP contribution in [-0.2, 0) is 23.8 Å². The first-order valence-corrected chi connectivity index (χ1v) is 11.1. The number of ether oxygens (including phenoxy) is 3. The minimum atomic E-state index is -0.547. The normalized spacial score (nSPS) is 18.4. The Bertz CT molecular complexity index is 945. The molecule has 1 aliphatic heterocycles. The summed E-state index contributed by atoms with van der Waals surface area (Å²) in [5.41, 5.74) is 3.72. The number of amides is 1. The quantitative estimate of drug-likeness (QED) is 0.435. The van der Waals surface area contributed by atoms with Crippen molar-refractivity contribution in [3.8, 4) is 0 Å². The lowest BCUT2D eigenvalue weighted by molar-refractivity contribution is -0.162. The zero-order valence-electron chi connectivity index (χ0n) is 20.0. The van der Waals surface area contributed by atoms with Gasteiger partial charge in [0.1, 0.15) is 18.8 Å². The topological polar surface area (TPSA) is 102 Å². The van der Waals surface area contributed by atoms with Crippen LogP contribution in [0.4, 0.5) is 4.79 Å². The second-order valence-corrected chi connectivity index (χ2v) is 8.85. The van der Waals surface area contributed by atoms with Gasteiger partial charge in [-0.2, -0.15) is 0 Å². The highest BCUT2D eigenvalue weighted by Crippen LogP contribution is 2.43. The number of carbonyl (C=O) groups is 3. The van der Waals surface area contributed by atoms with E-state index < -0.39 is 11.6 Å². The molecule has 1 saturated heterocycles. The van der Waals surface area contributed by atoms with Gasteiger partial charge in [-0.15, -0.1) is 0 Å². The second kappa shape index (κ2) is 13.5. The summed E-state index contributed by atoms with van der Waals surface area (Å²) in [5.74, 6) is -0.470. The molecule has 1 aliphatic carbocycles. The van der Waals surface area contributed by atoms with E-state index >= 15 is 0 Å². The third kappa shape index (κ3) is 8.10. The van der Waals surface area contributed by atoms with Crippen molar-refractivity contribution in [2.24, 2.45) is 0 Å². The van der Waals surface area contributed by atoms with E-state index in [-0.39, 0.29) is 45.2 Å². The van der Waals surface area contributed by atoms with Gasteiger partial charge >= 0.3 is 12.1 Å². The SMILES string of the molecule is C.C=CC1=C(C=C)C(COC(=O)N2CCC(OCC(=O)OC(C)(C)C)C2)c2ccccc21.O=CO. The zero-order chi connectivity index (χ0) is 25.3. The van der Waals surface area contributed by atoms with Gasteiger partial charge < -0.3 is 24.2 Å². The van der Waals surface area contributed by atoms with Gasteiger partial charge in [-0.3, -0.25) is 4.79 Å². The van der Waals surface area contributed by atoms with E-state index in [9.17, 15) is 9.59 Å². The van der Waals surface area contributed by atoms with Gasteiger partial charge in [0, 0.05) is 12.5 Å². The lowest BCUT2D eigenvalue weighted by Crippen LogP contribution is -2.33. The van der Waals surface area contributed by atoms with Gasteiger partial charge in [-0.05, 0) is 49.5 Å². The van der Waals surface area contributed by atoms with Crippen molar-refractivity contribution < 1.29 is 33.7 Å². The molecule has 2 aliphatic rings. The van der Waals surface area contributed by atoms with Gasteiger partial charge in [-0.25, -0.2) is 9.59 Å². The van der Waals surface area contributed by atoms with Crippen molar-refractivity contribution in [2.45, 2.75) is 52.2 Å². The molecule has 0 aromatic heterocycles. The van der Waals surface area contributed by atoms with Crippen molar-refractivity contribution in [3.05, 3.63) is 66.3 Å². The summed E-state index contributed by atoms with van der Waals surface area (Å²) in [7, 11) is 0. The molecule has 0 bridgehead atoms. The van der Waals surface area contributed by atoms with E-state index in [1.54, 1.807) is 4.90 Å². The molecule has 1 amide bonds. The average molecular weight is 488 g/mol. The molecule has 1 aromatic carbocycles. The Morgan fingerprint density at radius 1 is 1.20 bits per heavy atom. The molecule has 0 spiro atoms. The third-order valence-electron chi connectivity index (χ3n) is 5.37. The second-order valence-electron chi connectivity index (χ2n) is 8.85. The van der Waals surface area contributed by atoms with E-state index in [4.69, 9.17) is 24.1 Å². The average Bonchev–Trinajstić information content (AvgIpc) is 3.37. The summed E-state index contributed by atoms with van der Waals surface area (Å²) in [4.78, 5) is 34.4. The number of esters is 1. The molecule has 1 heterocycles. The van der Waals surface area contributed by atoms with Gasteiger partial charge in [0.05, 0.1) is 12.6 Å². The molecule has 1 fully saturated rings. The van der Waals surface area contributed by atoms with Crippen molar-refractivity contribution in [2.75, 3.05) is 26.3 Å². The highest BCUT2D eigenvalue weighted by atomic mass is 16.6. The molecule has 192 valence electrons. The lowest BCUT2D eigenvalue weighted by Gasteiger charge is -2.21. The van der Waals surface area contributed by atoms with Crippen LogP contribution in [-0.4, -0.2) is 66.5 Å². The molecule has 8 heteroatoms. The Balaban J connectivity index is 0.00000145. The van der Waals surface area contributed by atoms with Crippen LogP contribution in [0.3, 0.4) is 0 Å². The van der Waals surface area contributed by atoms with Crippen molar-refractivity contribution >= 4 is 24.1 Å². The number of carbonyl (C=O) groups excluding carboxylic acids is 2. The van der Waals surface area contributed by atoms with Gasteiger partial charge in [0.25, 0.3) is 6.47 Å². The molecular weight excluding hydrogens is 450 g/mol. The highest BCUT2D eigenvalue weighted by molar-refractivity contribution is 5.86. The smallest absolute Gasteiger partial charge is 0.409 e. The van der Waals surface area contributed by atoms with Gasteiger partial charge in [0.15, 0.2) is 0 Å². The van der Waals surface area contributed by atoms with Crippen LogP contribution in [0.25, 0.3) is 5.57 Å². The van der Waals surface area contributed by atoms with Crippen LogP contribution in [0.15, 0.2) is 55.1 Å². The minimum Gasteiger partial charge on any atom is -0.483 e.